The Morgan fingerprint density at radius 3 is 2.31 bits per heavy atom. The second-order valence-electron chi connectivity index (χ2n) is 2.73. The maximum atomic E-state index is 13.3. The van der Waals surface area contributed by atoms with E-state index in [-0.39, 0.29) is 0 Å². The molecule has 0 aliphatic heterocycles. The number of halogens is 5. The SMILES string of the molecule is N#Cc1ccc(C(F)(F)F)c(F)c1C(=O)Cl. The highest BCUT2D eigenvalue weighted by molar-refractivity contribution is 6.68. The van der Waals surface area contributed by atoms with Crippen LogP contribution >= 0.6 is 11.6 Å². The van der Waals surface area contributed by atoms with Crippen molar-refractivity contribution in [1.29, 1.82) is 5.26 Å². The second-order valence-corrected chi connectivity index (χ2v) is 3.08. The van der Waals surface area contributed by atoms with Crippen LogP contribution in [0.2, 0.25) is 0 Å². The fourth-order valence-electron chi connectivity index (χ4n) is 1.08. The van der Waals surface area contributed by atoms with Crippen molar-refractivity contribution >= 4 is 16.8 Å². The van der Waals surface area contributed by atoms with Crippen LogP contribution in [-0.2, 0) is 6.18 Å². The Hall–Kier alpha value is -1.61. The van der Waals surface area contributed by atoms with Crippen molar-refractivity contribution < 1.29 is 22.4 Å². The molecule has 0 N–H and O–H groups in total. The number of nitriles is 1. The topological polar surface area (TPSA) is 40.9 Å². The molecule has 0 radical (unpaired) electrons. The maximum absolute atomic E-state index is 13.3. The van der Waals surface area contributed by atoms with Crippen LogP contribution in [0.25, 0.3) is 0 Å². The molecule has 0 fully saturated rings. The van der Waals surface area contributed by atoms with Crippen molar-refractivity contribution in [3.63, 3.8) is 0 Å². The lowest BCUT2D eigenvalue weighted by atomic mass is 10.0. The van der Waals surface area contributed by atoms with E-state index in [0.29, 0.717) is 12.1 Å². The van der Waals surface area contributed by atoms with Crippen molar-refractivity contribution in [2.75, 3.05) is 0 Å². The third-order valence-corrected chi connectivity index (χ3v) is 1.95. The van der Waals surface area contributed by atoms with E-state index < -0.39 is 33.9 Å². The van der Waals surface area contributed by atoms with Gasteiger partial charge in [-0.1, -0.05) is 0 Å². The summed E-state index contributed by atoms with van der Waals surface area (Å²) in [5, 5.41) is 7.03. The lowest BCUT2D eigenvalue weighted by molar-refractivity contribution is -0.140. The van der Waals surface area contributed by atoms with Crippen LogP contribution in [0.15, 0.2) is 12.1 Å². The summed E-state index contributed by atoms with van der Waals surface area (Å²) in [6, 6.07) is 2.47. The molecule has 1 aromatic carbocycles. The molecule has 1 rings (SSSR count). The molecule has 0 atom stereocenters. The lowest BCUT2D eigenvalue weighted by Gasteiger charge is -2.10. The maximum Gasteiger partial charge on any atom is 0.419 e. The minimum Gasteiger partial charge on any atom is -0.275 e. The van der Waals surface area contributed by atoms with E-state index in [0.717, 1.165) is 0 Å². The van der Waals surface area contributed by atoms with Crippen molar-refractivity contribution in [3.05, 3.63) is 34.6 Å². The van der Waals surface area contributed by atoms with Crippen LogP contribution in [0.3, 0.4) is 0 Å². The number of benzene rings is 1. The smallest absolute Gasteiger partial charge is 0.275 e. The fourth-order valence-corrected chi connectivity index (χ4v) is 1.27. The largest absolute Gasteiger partial charge is 0.419 e. The Morgan fingerprint density at radius 1 is 1.38 bits per heavy atom. The highest BCUT2D eigenvalue weighted by atomic mass is 35.5. The summed E-state index contributed by atoms with van der Waals surface area (Å²) in [6.45, 7) is 0. The van der Waals surface area contributed by atoms with Crippen LogP contribution in [0.4, 0.5) is 17.6 Å². The van der Waals surface area contributed by atoms with E-state index in [2.05, 4.69) is 0 Å². The number of carbonyl (C=O) groups excluding carboxylic acids is 1. The van der Waals surface area contributed by atoms with Gasteiger partial charge >= 0.3 is 6.18 Å². The molecule has 0 bridgehead atoms. The van der Waals surface area contributed by atoms with Gasteiger partial charge in [-0.2, -0.15) is 18.4 Å². The molecular weight excluding hydrogens is 250 g/mol. The molecule has 0 aliphatic rings. The zero-order valence-corrected chi connectivity index (χ0v) is 8.16. The summed E-state index contributed by atoms with van der Waals surface area (Å²) in [7, 11) is 0. The first-order chi connectivity index (χ1) is 7.29. The van der Waals surface area contributed by atoms with Gasteiger partial charge in [-0.05, 0) is 23.7 Å². The molecule has 84 valence electrons. The van der Waals surface area contributed by atoms with Gasteiger partial charge in [0.25, 0.3) is 5.24 Å². The average molecular weight is 252 g/mol. The van der Waals surface area contributed by atoms with Crippen molar-refractivity contribution in [2.24, 2.45) is 0 Å². The van der Waals surface area contributed by atoms with E-state index in [1.54, 1.807) is 0 Å². The quantitative estimate of drug-likeness (QED) is 0.568. The van der Waals surface area contributed by atoms with Crippen molar-refractivity contribution in [1.82, 2.24) is 0 Å². The van der Waals surface area contributed by atoms with Crippen LogP contribution in [0.1, 0.15) is 21.5 Å². The van der Waals surface area contributed by atoms with Gasteiger partial charge in [-0.15, -0.1) is 0 Å². The summed E-state index contributed by atoms with van der Waals surface area (Å²) in [6.07, 6.45) is -4.95. The fraction of sp³-hybridized carbons (Fsp3) is 0.111. The van der Waals surface area contributed by atoms with Crippen LogP contribution in [0.5, 0.6) is 0 Å². The summed E-state index contributed by atoms with van der Waals surface area (Å²) in [5.74, 6) is -1.83. The van der Waals surface area contributed by atoms with E-state index in [1.165, 1.54) is 6.07 Å². The third-order valence-electron chi connectivity index (χ3n) is 1.76. The molecule has 0 amide bonds. The number of alkyl halides is 3. The number of rotatable bonds is 1. The molecule has 2 nitrogen and oxygen atoms in total. The number of nitrogens with zero attached hydrogens (tertiary/aromatic N) is 1. The molecular formula is C9H2ClF4NO. The molecule has 0 spiro atoms. The zero-order chi connectivity index (χ0) is 12.5. The standard InChI is InChI=1S/C9H2ClF4NO/c10-8(16)6-4(3-15)1-2-5(7(6)11)9(12,13)14/h1-2H. The Morgan fingerprint density at radius 2 is 1.94 bits per heavy atom. The van der Waals surface area contributed by atoms with Gasteiger partial charge in [-0.3, -0.25) is 4.79 Å². The monoisotopic (exact) mass is 251 g/mol. The summed E-state index contributed by atoms with van der Waals surface area (Å²) < 4.78 is 50.0. The molecule has 0 saturated carbocycles. The molecule has 0 heterocycles. The normalized spacial score (nSPS) is 11.0. The van der Waals surface area contributed by atoms with E-state index >= 15 is 0 Å². The summed E-state index contributed by atoms with van der Waals surface area (Å²) in [5.41, 5.74) is -3.22. The van der Waals surface area contributed by atoms with Gasteiger partial charge in [-0.25, -0.2) is 4.39 Å². The zero-order valence-electron chi connectivity index (χ0n) is 7.40. The highest BCUT2D eigenvalue weighted by Crippen LogP contribution is 2.33. The van der Waals surface area contributed by atoms with E-state index in [1.807, 2.05) is 0 Å². The predicted molar refractivity (Wildman–Crippen MR) is 46.3 cm³/mol. The minimum atomic E-state index is -4.95. The van der Waals surface area contributed by atoms with Gasteiger partial charge in [0.15, 0.2) is 0 Å². The summed E-state index contributed by atoms with van der Waals surface area (Å²) >= 11 is 4.92. The number of hydrogen-bond donors (Lipinski definition) is 0. The summed E-state index contributed by atoms with van der Waals surface area (Å²) in [4.78, 5) is 10.7. The predicted octanol–water partition coefficient (Wildman–Crippen LogP) is 3.10. The van der Waals surface area contributed by atoms with Gasteiger partial charge in [0.1, 0.15) is 11.9 Å². The average Bonchev–Trinajstić information content (AvgIpc) is 2.14. The van der Waals surface area contributed by atoms with E-state index in [9.17, 15) is 22.4 Å². The second kappa shape index (κ2) is 4.10. The molecule has 7 heteroatoms. The third kappa shape index (κ3) is 2.14. The Kier molecular flexibility index (Phi) is 3.19. The van der Waals surface area contributed by atoms with Crippen LogP contribution in [0, 0.1) is 17.1 Å². The molecule has 1 aromatic rings. The highest BCUT2D eigenvalue weighted by Gasteiger charge is 2.36. The van der Waals surface area contributed by atoms with Crippen LogP contribution < -0.4 is 0 Å². The van der Waals surface area contributed by atoms with Gasteiger partial charge in [0.2, 0.25) is 0 Å². The Balaban J connectivity index is 3.58. The van der Waals surface area contributed by atoms with Gasteiger partial charge in [0, 0.05) is 0 Å². The Bertz CT molecular complexity index is 490. The Labute approximate surface area is 92.0 Å². The number of carbonyl (C=O) groups is 1. The lowest BCUT2D eigenvalue weighted by Crippen LogP contribution is -2.12. The minimum absolute atomic E-state index is 0.386. The van der Waals surface area contributed by atoms with Crippen LogP contribution in [-0.4, -0.2) is 5.24 Å². The van der Waals surface area contributed by atoms with Crippen molar-refractivity contribution in [2.45, 2.75) is 6.18 Å². The molecule has 0 saturated heterocycles. The van der Waals surface area contributed by atoms with Crippen molar-refractivity contribution in [3.8, 4) is 6.07 Å². The molecule has 0 aliphatic carbocycles. The first-order valence-electron chi connectivity index (χ1n) is 3.78. The van der Waals surface area contributed by atoms with E-state index in [4.69, 9.17) is 16.9 Å². The number of hydrogen-bond acceptors (Lipinski definition) is 2. The van der Waals surface area contributed by atoms with Gasteiger partial charge < -0.3 is 0 Å². The van der Waals surface area contributed by atoms with Gasteiger partial charge in [0.05, 0.1) is 16.7 Å². The first-order valence-corrected chi connectivity index (χ1v) is 4.16. The first kappa shape index (κ1) is 12.5. The molecule has 0 unspecified atom stereocenters. The molecule has 0 aromatic heterocycles. The molecule has 16 heavy (non-hydrogen) atoms.